The highest BCUT2D eigenvalue weighted by molar-refractivity contribution is 6.04. The quantitative estimate of drug-likeness (QED) is 0.436. The summed E-state index contributed by atoms with van der Waals surface area (Å²) in [5.41, 5.74) is 8.44. The number of anilines is 1. The minimum atomic E-state index is -0.487. The molecular formula is C28H31N3O4. The average Bonchev–Trinajstić information content (AvgIpc) is 2.86. The molecule has 3 amide bonds. The van der Waals surface area contributed by atoms with Gasteiger partial charge in [-0.1, -0.05) is 52.0 Å². The number of benzene rings is 3. The monoisotopic (exact) mass is 473 g/mol. The molecule has 0 fully saturated rings. The molecule has 3 N–H and O–H groups in total. The third-order valence-electron chi connectivity index (χ3n) is 5.44. The molecule has 3 rings (SSSR count). The van der Waals surface area contributed by atoms with E-state index in [9.17, 15) is 14.4 Å². The maximum absolute atomic E-state index is 12.5. The van der Waals surface area contributed by atoms with Crippen LogP contribution in [0.25, 0.3) is 0 Å². The summed E-state index contributed by atoms with van der Waals surface area (Å²) >= 11 is 0. The largest absolute Gasteiger partial charge is 0.484 e. The molecule has 0 unspecified atom stereocenters. The van der Waals surface area contributed by atoms with Gasteiger partial charge < -0.3 is 10.1 Å². The lowest BCUT2D eigenvalue weighted by molar-refractivity contribution is -0.123. The van der Waals surface area contributed by atoms with Crippen LogP contribution in [0.4, 0.5) is 5.69 Å². The minimum Gasteiger partial charge on any atom is -0.484 e. The molecule has 0 saturated heterocycles. The van der Waals surface area contributed by atoms with E-state index in [0.717, 1.165) is 12.0 Å². The van der Waals surface area contributed by atoms with Crippen molar-refractivity contribution in [2.45, 2.75) is 39.5 Å². The first-order chi connectivity index (χ1) is 16.7. The van der Waals surface area contributed by atoms with Crippen molar-refractivity contribution in [3.05, 3.63) is 95.1 Å². The second-order valence-electron chi connectivity index (χ2n) is 9.15. The molecule has 0 saturated carbocycles. The van der Waals surface area contributed by atoms with E-state index in [1.807, 2.05) is 24.3 Å². The van der Waals surface area contributed by atoms with Gasteiger partial charge in [0.25, 0.3) is 17.7 Å². The lowest BCUT2D eigenvalue weighted by Gasteiger charge is -2.19. The van der Waals surface area contributed by atoms with Gasteiger partial charge in [-0.15, -0.1) is 0 Å². The number of amides is 3. The Morgan fingerprint density at radius 3 is 1.89 bits per heavy atom. The SMILES string of the molecule is CCc1ccc(OCC(=O)NNC(=O)c2ccc(NC(=O)c3ccc(C(C)(C)C)cc3)cc2)cc1. The Labute approximate surface area is 205 Å². The molecule has 7 nitrogen and oxygen atoms in total. The topological polar surface area (TPSA) is 96.5 Å². The maximum atomic E-state index is 12.5. The highest BCUT2D eigenvalue weighted by Crippen LogP contribution is 2.22. The molecule has 0 heterocycles. The van der Waals surface area contributed by atoms with E-state index in [1.165, 1.54) is 5.56 Å². The Morgan fingerprint density at radius 2 is 1.31 bits per heavy atom. The lowest BCUT2D eigenvalue weighted by atomic mass is 9.87. The number of ether oxygens (including phenoxy) is 1. The van der Waals surface area contributed by atoms with Crippen molar-refractivity contribution in [1.82, 2.24) is 10.9 Å². The van der Waals surface area contributed by atoms with Crippen LogP contribution >= 0.6 is 0 Å². The predicted octanol–water partition coefficient (Wildman–Crippen LogP) is 4.64. The van der Waals surface area contributed by atoms with E-state index in [0.29, 0.717) is 22.6 Å². The molecule has 7 heteroatoms. The maximum Gasteiger partial charge on any atom is 0.276 e. The number of hydrazine groups is 1. The molecule has 0 aliphatic heterocycles. The van der Waals surface area contributed by atoms with Crippen LogP contribution in [-0.4, -0.2) is 24.3 Å². The fourth-order valence-corrected chi connectivity index (χ4v) is 3.23. The summed E-state index contributed by atoms with van der Waals surface area (Å²) in [6.07, 6.45) is 0.922. The van der Waals surface area contributed by atoms with Crippen LogP contribution in [-0.2, 0) is 16.6 Å². The molecule has 3 aromatic rings. The van der Waals surface area contributed by atoms with Crippen LogP contribution in [0, 0.1) is 0 Å². The summed E-state index contributed by atoms with van der Waals surface area (Å²) in [4.78, 5) is 36.8. The smallest absolute Gasteiger partial charge is 0.276 e. The molecule has 0 bridgehead atoms. The van der Waals surface area contributed by atoms with Crippen molar-refractivity contribution in [2.75, 3.05) is 11.9 Å². The number of nitrogens with one attached hydrogen (secondary N) is 3. The van der Waals surface area contributed by atoms with Gasteiger partial charge in [0.15, 0.2) is 6.61 Å². The zero-order valence-corrected chi connectivity index (χ0v) is 20.5. The number of carbonyl (C=O) groups excluding carboxylic acids is 3. The molecular weight excluding hydrogens is 442 g/mol. The summed E-state index contributed by atoms with van der Waals surface area (Å²) < 4.78 is 5.41. The number of hydrogen-bond donors (Lipinski definition) is 3. The third-order valence-corrected chi connectivity index (χ3v) is 5.44. The molecule has 0 aliphatic rings. The fraction of sp³-hybridized carbons (Fsp3) is 0.250. The van der Waals surface area contributed by atoms with Crippen LogP contribution in [0.1, 0.15) is 59.5 Å². The first-order valence-corrected chi connectivity index (χ1v) is 11.5. The zero-order chi connectivity index (χ0) is 25.4. The first-order valence-electron chi connectivity index (χ1n) is 11.5. The lowest BCUT2D eigenvalue weighted by Crippen LogP contribution is -2.43. The Kier molecular flexibility index (Phi) is 8.25. The van der Waals surface area contributed by atoms with Crippen molar-refractivity contribution in [1.29, 1.82) is 0 Å². The molecule has 35 heavy (non-hydrogen) atoms. The van der Waals surface area contributed by atoms with Gasteiger partial charge in [0, 0.05) is 16.8 Å². The Hall–Kier alpha value is -4.13. The summed E-state index contributed by atoms with van der Waals surface area (Å²) in [5.74, 6) is -0.633. The second-order valence-corrected chi connectivity index (χ2v) is 9.15. The van der Waals surface area contributed by atoms with Gasteiger partial charge in [-0.25, -0.2) is 0 Å². The van der Waals surface area contributed by atoms with Crippen LogP contribution in [0.5, 0.6) is 5.75 Å². The molecule has 0 atom stereocenters. The summed E-state index contributed by atoms with van der Waals surface area (Å²) in [7, 11) is 0. The number of carbonyl (C=O) groups is 3. The van der Waals surface area contributed by atoms with Gasteiger partial charge >= 0.3 is 0 Å². The van der Waals surface area contributed by atoms with Gasteiger partial charge in [-0.2, -0.15) is 0 Å². The molecule has 3 aromatic carbocycles. The summed E-state index contributed by atoms with van der Waals surface area (Å²) in [6.45, 7) is 8.18. The summed E-state index contributed by atoms with van der Waals surface area (Å²) in [5, 5.41) is 2.82. The van der Waals surface area contributed by atoms with Gasteiger partial charge in [0.1, 0.15) is 5.75 Å². The molecule has 182 valence electrons. The highest BCUT2D eigenvalue weighted by Gasteiger charge is 2.15. The number of aryl methyl sites for hydroxylation is 1. The van der Waals surface area contributed by atoms with Crippen LogP contribution in [0.2, 0.25) is 0 Å². The Morgan fingerprint density at radius 1 is 0.743 bits per heavy atom. The highest BCUT2D eigenvalue weighted by atomic mass is 16.5. The van der Waals surface area contributed by atoms with E-state index in [4.69, 9.17) is 4.74 Å². The summed E-state index contributed by atoms with van der Waals surface area (Å²) in [6, 6.07) is 21.3. The normalized spacial score (nSPS) is 10.9. The minimum absolute atomic E-state index is 0.0125. The second kappa shape index (κ2) is 11.3. The van der Waals surface area contributed by atoms with E-state index >= 15 is 0 Å². The average molecular weight is 474 g/mol. The zero-order valence-electron chi connectivity index (χ0n) is 20.5. The van der Waals surface area contributed by atoms with Crippen LogP contribution in [0.15, 0.2) is 72.8 Å². The van der Waals surface area contributed by atoms with E-state index in [1.54, 1.807) is 48.5 Å². The van der Waals surface area contributed by atoms with Crippen molar-refractivity contribution in [3.8, 4) is 5.75 Å². The molecule has 0 aromatic heterocycles. The van der Waals surface area contributed by atoms with E-state index < -0.39 is 11.8 Å². The first kappa shape index (κ1) is 25.5. The Balaban J connectivity index is 1.46. The standard InChI is InChI=1S/C28H31N3O4/c1-5-19-6-16-24(17-7-19)35-18-25(32)30-31-27(34)21-10-14-23(15-11-21)29-26(33)20-8-12-22(13-9-20)28(2,3)4/h6-17H,5,18H2,1-4H3,(H,29,33)(H,30,32)(H,31,34). The van der Waals surface area contributed by atoms with Gasteiger partial charge in [0.05, 0.1) is 0 Å². The third kappa shape index (κ3) is 7.43. The molecule has 0 radical (unpaired) electrons. The van der Waals surface area contributed by atoms with Gasteiger partial charge in [-0.05, 0) is 71.5 Å². The van der Waals surface area contributed by atoms with Crippen molar-refractivity contribution < 1.29 is 19.1 Å². The number of hydrogen-bond acceptors (Lipinski definition) is 4. The predicted molar refractivity (Wildman–Crippen MR) is 136 cm³/mol. The molecule has 0 spiro atoms. The van der Waals surface area contributed by atoms with Crippen molar-refractivity contribution in [3.63, 3.8) is 0 Å². The van der Waals surface area contributed by atoms with Crippen molar-refractivity contribution >= 4 is 23.4 Å². The number of rotatable bonds is 7. The Bertz CT molecular complexity index is 1160. The van der Waals surface area contributed by atoms with Gasteiger partial charge in [-0.3, -0.25) is 25.2 Å². The van der Waals surface area contributed by atoms with E-state index in [-0.39, 0.29) is 17.9 Å². The van der Waals surface area contributed by atoms with Crippen molar-refractivity contribution in [2.24, 2.45) is 0 Å². The van der Waals surface area contributed by atoms with Crippen LogP contribution < -0.4 is 20.9 Å². The molecule has 0 aliphatic carbocycles. The van der Waals surface area contributed by atoms with Crippen LogP contribution in [0.3, 0.4) is 0 Å². The van der Waals surface area contributed by atoms with E-state index in [2.05, 4.69) is 43.9 Å². The van der Waals surface area contributed by atoms with Gasteiger partial charge in [0.2, 0.25) is 0 Å². The fourth-order valence-electron chi connectivity index (χ4n) is 3.23.